The summed E-state index contributed by atoms with van der Waals surface area (Å²) in [5, 5.41) is 0. The van der Waals surface area contributed by atoms with E-state index in [4.69, 9.17) is 20.9 Å². The summed E-state index contributed by atoms with van der Waals surface area (Å²) >= 11 is 0. The molecule has 0 amide bonds. The van der Waals surface area contributed by atoms with Crippen molar-refractivity contribution in [3.63, 3.8) is 0 Å². The highest BCUT2D eigenvalue weighted by atomic mass is 16.5. The molecule has 0 aromatic rings. The van der Waals surface area contributed by atoms with Crippen LogP contribution in [0.5, 0.6) is 0 Å². The van der Waals surface area contributed by atoms with Gasteiger partial charge in [0.05, 0.1) is 11.8 Å². The topological polar surface area (TPSA) is 105 Å². The number of carbonyl (C=O) groups excluding carboxylic acids is 2. The molecule has 6 nitrogen and oxygen atoms in total. The Bertz CT molecular complexity index is 628. The number of nitrogens with two attached hydrogens (primary N) is 2. The van der Waals surface area contributed by atoms with E-state index in [1.165, 1.54) is 0 Å². The highest BCUT2D eigenvalue weighted by Crippen LogP contribution is 2.44. The van der Waals surface area contributed by atoms with E-state index in [9.17, 15) is 9.59 Å². The highest BCUT2D eigenvalue weighted by molar-refractivity contribution is 5.75. The molecule has 0 spiro atoms. The summed E-state index contributed by atoms with van der Waals surface area (Å²) in [4.78, 5) is 23.2. The van der Waals surface area contributed by atoms with Crippen LogP contribution >= 0.6 is 0 Å². The van der Waals surface area contributed by atoms with E-state index in [-0.39, 0.29) is 49.1 Å². The van der Waals surface area contributed by atoms with Crippen LogP contribution in [0.2, 0.25) is 0 Å². The molecule has 152 valence electrons. The maximum absolute atomic E-state index is 11.6. The molecule has 2 saturated carbocycles. The first-order chi connectivity index (χ1) is 13.5. The second-order valence-electron chi connectivity index (χ2n) is 7.94. The Morgan fingerprint density at radius 2 is 1.14 bits per heavy atom. The molecule has 4 aliphatic rings. The van der Waals surface area contributed by atoms with E-state index >= 15 is 0 Å². The van der Waals surface area contributed by atoms with E-state index < -0.39 is 0 Å². The van der Waals surface area contributed by atoms with E-state index in [0.717, 1.165) is 12.8 Å². The maximum Gasteiger partial charge on any atom is 0.311 e. The number of ether oxygens (including phenoxy) is 2. The minimum Gasteiger partial charge on any atom is -0.461 e. The van der Waals surface area contributed by atoms with Gasteiger partial charge >= 0.3 is 11.9 Å². The van der Waals surface area contributed by atoms with Crippen molar-refractivity contribution in [2.45, 2.75) is 24.9 Å². The molecule has 0 aromatic heterocycles. The number of rotatable bonds is 6. The first-order valence-electron chi connectivity index (χ1n) is 9.90. The van der Waals surface area contributed by atoms with Crippen LogP contribution < -0.4 is 11.5 Å². The Hall–Kier alpha value is -2.18. The van der Waals surface area contributed by atoms with E-state index in [0.29, 0.717) is 23.7 Å². The molecule has 8 atom stereocenters. The fourth-order valence-electron chi connectivity index (χ4n) is 4.86. The van der Waals surface area contributed by atoms with Crippen LogP contribution in [0.15, 0.2) is 49.6 Å². The molecule has 0 radical (unpaired) electrons. The first-order valence-corrected chi connectivity index (χ1v) is 9.90. The van der Waals surface area contributed by atoms with Crippen LogP contribution in [0.4, 0.5) is 0 Å². The monoisotopic (exact) mass is 386 g/mol. The summed E-state index contributed by atoms with van der Waals surface area (Å²) in [5.41, 5.74) is 11.9. The lowest BCUT2D eigenvalue weighted by Crippen LogP contribution is -2.39. The third-order valence-electron chi connectivity index (χ3n) is 6.27. The summed E-state index contributed by atoms with van der Waals surface area (Å²) in [6, 6.07) is -0.107. The first kappa shape index (κ1) is 20.6. The molecule has 0 unspecified atom stereocenters. The van der Waals surface area contributed by atoms with Gasteiger partial charge in [0.2, 0.25) is 0 Å². The molecule has 2 fully saturated rings. The van der Waals surface area contributed by atoms with E-state index in [1.54, 1.807) is 12.2 Å². The fourth-order valence-corrected chi connectivity index (χ4v) is 4.86. The molecule has 0 aliphatic heterocycles. The number of esters is 2. The van der Waals surface area contributed by atoms with Gasteiger partial charge in [-0.05, 0) is 36.5 Å². The van der Waals surface area contributed by atoms with Crippen molar-refractivity contribution in [1.82, 2.24) is 0 Å². The number of carbonyl (C=O) groups is 2. The predicted octanol–water partition coefficient (Wildman–Crippen LogP) is 1.73. The third-order valence-corrected chi connectivity index (χ3v) is 6.27. The number of hydrogen-bond acceptors (Lipinski definition) is 6. The van der Waals surface area contributed by atoms with Crippen LogP contribution in [-0.4, -0.2) is 37.2 Å². The van der Waals surface area contributed by atoms with Crippen molar-refractivity contribution >= 4 is 11.9 Å². The number of allylic oxidation sites excluding steroid dienone is 2. The minimum absolute atomic E-state index is 0.0534. The van der Waals surface area contributed by atoms with Crippen LogP contribution in [0, 0.1) is 35.5 Å². The van der Waals surface area contributed by atoms with Crippen molar-refractivity contribution in [2.75, 3.05) is 13.2 Å². The zero-order chi connectivity index (χ0) is 20.3. The molecule has 4 rings (SSSR count). The standard InChI is InChI=1S/2C11H15NO2/c2*1-2-5-14-11(13)9-7-3-4-8(6-7)10(9)12/h2*2-4,7-10H,1,5-6,12H2/t7-,8+,9+,10+;7-,8+,9-,10-/m11/s1. The number of fused-ring (bicyclic) bond motifs is 4. The van der Waals surface area contributed by atoms with Crippen molar-refractivity contribution in [3.8, 4) is 0 Å². The average molecular weight is 386 g/mol. The molecular formula is C22H30N2O4. The highest BCUT2D eigenvalue weighted by Gasteiger charge is 2.47. The Kier molecular flexibility index (Phi) is 6.52. The van der Waals surface area contributed by atoms with Crippen molar-refractivity contribution in [2.24, 2.45) is 47.0 Å². The maximum atomic E-state index is 11.6. The van der Waals surface area contributed by atoms with Gasteiger partial charge < -0.3 is 20.9 Å². The van der Waals surface area contributed by atoms with Gasteiger partial charge in [0.1, 0.15) is 13.2 Å². The largest absolute Gasteiger partial charge is 0.461 e. The molecule has 4 bridgehead atoms. The second kappa shape index (κ2) is 8.88. The lowest BCUT2D eigenvalue weighted by atomic mass is 9.90. The zero-order valence-electron chi connectivity index (χ0n) is 16.1. The summed E-state index contributed by atoms with van der Waals surface area (Å²) in [5.74, 6) is 0.737. The van der Waals surface area contributed by atoms with Crippen molar-refractivity contribution in [1.29, 1.82) is 0 Å². The summed E-state index contributed by atoms with van der Waals surface area (Å²) in [6.45, 7) is 7.57. The van der Waals surface area contributed by atoms with E-state index in [2.05, 4.69) is 37.5 Å². The smallest absolute Gasteiger partial charge is 0.311 e. The van der Waals surface area contributed by atoms with Gasteiger partial charge in [0.15, 0.2) is 0 Å². The summed E-state index contributed by atoms with van der Waals surface area (Å²) in [7, 11) is 0. The SMILES string of the molecule is C=CCOC(=O)[C@@H]1[C@@H](N)[C@H]2C=C[C@@H]1C2.C=CCOC(=O)[C@H]1[C@H](N)[C@H]2C=C[C@@H]1C2. The Balaban J connectivity index is 0.000000161. The van der Waals surface area contributed by atoms with Gasteiger partial charge in [-0.2, -0.15) is 0 Å². The second-order valence-corrected chi connectivity index (χ2v) is 7.94. The third kappa shape index (κ3) is 3.98. The van der Waals surface area contributed by atoms with E-state index in [1.807, 2.05) is 0 Å². The molecule has 4 N–H and O–H groups in total. The molecule has 6 heteroatoms. The Morgan fingerprint density at radius 3 is 1.43 bits per heavy atom. The van der Waals surface area contributed by atoms with Gasteiger partial charge in [0.25, 0.3) is 0 Å². The van der Waals surface area contributed by atoms with Crippen molar-refractivity contribution in [3.05, 3.63) is 49.6 Å². The Labute approximate surface area is 166 Å². The van der Waals surface area contributed by atoms with Crippen LogP contribution in [0.25, 0.3) is 0 Å². The van der Waals surface area contributed by atoms with Crippen LogP contribution in [0.1, 0.15) is 12.8 Å². The molecular weight excluding hydrogens is 356 g/mol. The zero-order valence-corrected chi connectivity index (χ0v) is 16.1. The van der Waals surface area contributed by atoms with Crippen molar-refractivity contribution < 1.29 is 19.1 Å². The molecule has 28 heavy (non-hydrogen) atoms. The molecule has 0 aromatic carbocycles. The summed E-state index contributed by atoms with van der Waals surface area (Å²) < 4.78 is 10.1. The lowest BCUT2D eigenvalue weighted by molar-refractivity contribution is -0.149. The minimum atomic E-state index is -0.172. The normalized spacial score (nSPS) is 38.6. The fraction of sp³-hybridized carbons (Fsp3) is 0.545. The predicted molar refractivity (Wildman–Crippen MR) is 107 cm³/mol. The van der Waals surface area contributed by atoms with Gasteiger partial charge in [-0.25, -0.2) is 0 Å². The molecule has 0 saturated heterocycles. The lowest BCUT2D eigenvalue weighted by Gasteiger charge is -2.22. The van der Waals surface area contributed by atoms with Gasteiger partial charge in [-0.1, -0.05) is 49.6 Å². The number of hydrogen-bond donors (Lipinski definition) is 2. The average Bonchev–Trinajstić information content (AvgIpc) is 3.45. The van der Waals surface area contributed by atoms with Crippen LogP contribution in [0.3, 0.4) is 0 Å². The Morgan fingerprint density at radius 1 is 0.786 bits per heavy atom. The van der Waals surface area contributed by atoms with Gasteiger partial charge in [-0.3, -0.25) is 9.59 Å². The summed E-state index contributed by atoms with van der Waals surface area (Å²) in [6.07, 6.45) is 13.6. The molecule has 0 heterocycles. The van der Waals surface area contributed by atoms with Gasteiger partial charge in [0, 0.05) is 12.1 Å². The quantitative estimate of drug-likeness (QED) is 0.532. The van der Waals surface area contributed by atoms with Crippen LogP contribution in [-0.2, 0) is 19.1 Å². The van der Waals surface area contributed by atoms with Gasteiger partial charge in [-0.15, -0.1) is 0 Å². The molecule has 4 aliphatic carbocycles.